The standard InChI is InChI=1S/C13H16O/c1-4-13(2,3)12-6-5-10-8-14-9-11(10)7-12/h5-9H,4H2,1-3H3. The van der Waals surface area contributed by atoms with E-state index in [0.717, 1.165) is 6.42 Å². The van der Waals surface area contributed by atoms with Crippen LogP contribution in [-0.2, 0) is 5.41 Å². The molecule has 0 aliphatic heterocycles. The lowest BCUT2D eigenvalue weighted by atomic mass is 9.82. The molecule has 14 heavy (non-hydrogen) atoms. The van der Waals surface area contributed by atoms with Gasteiger partial charge in [0.05, 0.1) is 12.5 Å². The van der Waals surface area contributed by atoms with Crippen LogP contribution in [0.1, 0.15) is 32.8 Å². The predicted molar refractivity (Wildman–Crippen MR) is 59.5 cm³/mol. The van der Waals surface area contributed by atoms with Crippen molar-refractivity contribution >= 4 is 10.8 Å². The van der Waals surface area contributed by atoms with Gasteiger partial charge in [-0.3, -0.25) is 0 Å². The fourth-order valence-electron chi connectivity index (χ4n) is 1.59. The monoisotopic (exact) mass is 188 g/mol. The maximum atomic E-state index is 5.17. The van der Waals surface area contributed by atoms with Crippen molar-refractivity contribution in [1.29, 1.82) is 0 Å². The van der Waals surface area contributed by atoms with Gasteiger partial charge in [-0.15, -0.1) is 0 Å². The summed E-state index contributed by atoms with van der Waals surface area (Å²) in [7, 11) is 0. The first-order chi connectivity index (χ1) is 6.63. The number of hydrogen-bond donors (Lipinski definition) is 0. The molecule has 0 saturated heterocycles. The lowest BCUT2D eigenvalue weighted by molar-refractivity contribution is 0.507. The van der Waals surface area contributed by atoms with Crippen LogP contribution in [0.25, 0.3) is 10.8 Å². The summed E-state index contributed by atoms with van der Waals surface area (Å²) < 4.78 is 5.17. The van der Waals surface area contributed by atoms with Crippen LogP contribution in [0.15, 0.2) is 35.1 Å². The molecule has 0 radical (unpaired) electrons. The Balaban J connectivity index is 2.53. The average Bonchev–Trinajstić information content (AvgIpc) is 2.64. The van der Waals surface area contributed by atoms with Crippen LogP contribution in [0.5, 0.6) is 0 Å². The van der Waals surface area contributed by atoms with Gasteiger partial charge in [0.1, 0.15) is 0 Å². The van der Waals surface area contributed by atoms with Gasteiger partial charge in [-0.2, -0.15) is 0 Å². The summed E-state index contributed by atoms with van der Waals surface area (Å²) in [5.74, 6) is 0. The van der Waals surface area contributed by atoms with Gasteiger partial charge in [0.2, 0.25) is 0 Å². The third kappa shape index (κ3) is 1.43. The van der Waals surface area contributed by atoms with Crippen LogP contribution in [0.3, 0.4) is 0 Å². The largest absolute Gasteiger partial charge is 0.471 e. The van der Waals surface area contributed by atoms with Crippen molar-refractivity contribution in [1.82, 2.24) is 0 Å². The van der Waals surface area contributed by atoms with Crippen molar-refractivity contribution in [3.63, 3.8) is 0 Å². The fraction of sp³-hybridized carbons (Fsp3) is 0.385. The summed E-state index contributed by atoms with van der Waals surface area (Å²) in [6.07, 6.45) is 4.75. The highest BCUT2D eigenvalue weighted by atomic mass is 16.3. The Hall–Kier alpha value is -1.24. The molecule has 2 rings (SSSR count). The van der Waals surface area contributed by atoms with Gasteiger partial charge in [-0.25, -0.2) is 0 Å². The molecule has 0 fully saturated rings. The molecule has 1 nitrogen and oxygen atoms in total. The molecule has 0 saturated carbocycles. The van der Waals surface area contributed by atoms with E-state index < -0.39 is 0 Å². The molecule has 1 heteroatoms. The minimum atomic E-state index is 0.255. The first kappa shape index (κ1) is 9.32. The molecular weight excluding hydrogens is 172 g/mol. The second kappa shape index (κ2) is 3.16. The van der Waals surface area contributed by atoms with Crippen LogP contribution in [-0.4, -0.2) is 0 Å². The average molecular weight is 188 g/mol. The molecule has 1 aromatic carbocycles. The van der Waals surface area contributed by atoms with Gasteiger partial charge in [-0.1, -0.05) is 32.9 Å². The number of furan rings is 1. The zero-order chi connectivity index (χ0) is 10.2. The van der Waals surface area contributed by atoms with Gasteiger partial charge in [-0.05, 0) is 23.5 Å². The Morgan fingerprint density at radius 2 is 1.86 bits per heavy atom. The summed E-state index contributed by atoms with van der Waals surface area (Å²) in [6.45, 7) is 6.77. The van der Waals surface area contributed by atoms with Crippen LogP contribution < -0.4 is 0 Å². The molecule has 0 aliphatic carbocycles. The molecule has 1 heterocycles. The number of fused-ring (bicyclic) bond motifs is 1. The van der Waals surface area contributed by atoms with E-state index in [0.29, 0.717) is 0 Å². The van der Waals surface area contributed by atoms with E-state index in [1.54, 1.807) is 6.26 Å². The van der Waals surface area contributed by atoms with E-state index in [4.69, 9.17) is 4.42 Å². The van der Waals surface area contributed by atoms with Gasteiger partial charge < -0.3 is 4.42 Å². The summed E-state index contributed by atoms with van der Waals surface area (Å²) in [6, 6.07) is 6.55. The van der Waals surface area contributed by atoms with Crippen LogP contribution in [0, 0.1) is 0 Å². The molecule has 74 valence electrons. The molecule has 0 aliphatic rings. The maximum absolute atomic E-state index is 5.17. The highest BCUT2D eigenvalue weighted by Crippen LogP contribution is 2.29. The van der Waals surface area contributed by atoms with Crippen LogP contribution in [0.2, 0.25) is 0 Å². The molecule has 0 spiro atoms. The highest BCUT2D eigenvalue weighted by Gasteiger charge is 2.18. The highest BCUT2D eigenvalue weighted by molar-refractivity contribution is 5.81. The molecule has 0 N–H and O–H groups in total. The van der Waals surface area contributed by atoms with Crippen molar-refractivity contribution in [2.45, 2.75) is 32.6 Å². The molecule has 0 bridgehead atoms. The fourth-order valence-corrected chi connectivity index (χ4v) is 1.59. The number of hydrogen-bond acceptors (Lipinski definition) is 1. The SMILES string of the molecule is CCC(C)(C)c1ccc2cocc2c1. The minimum absolute atomic E-state index is 0.255. The van der Waals surface area contributed by atoms with Crippen molar-refractivity contribution < 1.29 is 4.42 Å². The van der Waals surface area contributed by atoms with Crippen molar-refractivity contribution in [2.24, 2.45) is 0 Å². The zero-order valence-electron chi connectivity index (χ0n) is 9.00. The molecule has 0 amide bonds. The van der Waals surface area contributed by atoms with E-state index in [9.17, 15) is 0 Å². The second-order valence-corrected chi connectivity index (χ2v) is 4.45. The lowest BCUT2D eigenvalue weighted by Crippen LogP contribution is -2.14. The summed E-state index contributed by atoms with van der Waals surface area (Å²) in [5.41, 5.74) is 1.64. The van der Waals surface area contributed by atoms with Gasteiger partial charge in [0.15, 0.2) is 0 Å². The van der Waals surface area contributed by atoms with Crippen molar-refractivity contribution in [2.75, 3.05) is 0 Å². The van der Waals surface area contributed by atoms with Crippen molar-refractivity contribution in [3.05, 3.63) is 36.3 Å². The lowest BCUT2D eigenvalue weighted by Gasteiger charge is -2.23. The Labute approximate surface area is 84.7 Å². The quantitative estimate of drug-likeness (QED) is 0.691. The summed E-state index contributed by atoms with van der Waals surface area (Å²) >= 11 is 0. The van der Waals surface area contributed by atoms with E-state index in [-0.39, 0.29) is 5.41 Å². The van der Waals surface area contributed by atoms with Crippen LogP contribution in [0.4, 0.5) is 0 Å². The third-order valence-electron chi connectivity index (χ3n) is 3.14. The van der Waals surface area contributed by atoms with E-state index in [2.05, 4.69) is 39.0 Å². The van der Waals surface area contributed by atoms with Gasteiger partial charge >= 0.3 is 0 Å². The third-order valence-corrected chi connectivity index (χ3v) is 3.14. The van der Waals surface area contributed by atoms with E-state index in [1.165, 1.54) is 16.3 Å². The predicted octanol–water partition coefficient (Wildman–Crippen LogP) is 4.12. The number of benzene rings is 1. The van der Waals surface area contributed by atoms with Crippen molar-refractivity contribution in [3.8, 4) is 0 Å². The second-order valence-electron chi connectivity index (χ2n) is 4.45. The Bertz CT molecular complexity index is 437. The van der Waals surface area contributed by atoms with Gasteiger partial charge in [0, 0.05) is 10.8 Å². The topological polar surface area (TPSA) is 13.1 Å². The molecule has 0 unspecified atom stereocenters. The maximum Gasteiger partial charge on any atom is 0.0981 e. The smallest absolute Gasteiger partial charge is 0.0981 e. The van der Waals surface area contributed by atoms with Crippen LogP contribution >= 0.6 is 0 Å². The Morgan fingerprint density at radius 1 is 1.14 bits per heavy atom. The molecule has 2 aromatic rings. The Morgan fingerprint density at radius 3 is 2.57 bits per heavy atom. The molecule has 0 atom stereocenters. The normalized spacial score (nSPS) is 12.2. The zero-order valence-corrected chi connectivity index (χ0v) is 9.00. The Kier molecular flexibility index (Phi) is 2.10. The van der Waals surface area contributed by atoms with E-state index in [1.807, 2.05) is 6.26 Å². The van der Waals surface area contributed by atoms with E-state index >= 15 is 0 Å². The minimum Gasteiger partial charge on any atom is -0.471 e. The van der Waals surface area contributed by atoms with Gasteiger partial charge in [0.25, 0.3) is 0 Å². The number of rotatable bonds is 2. The molecular formula is C13H16O. The first-order valence-corrected chi connectivity index (χ1v) is 5.10. The summed E-state index contributed by atoms with van der Waals surface area (Å²) in [4.78, 5) is 0. The summed E-state index contributed by atoms with van der Waals surface area (Å²) in [5, 5.41) is 2.38. The first-order valence-electron chi connectivity index (χ1n) is 5.10. The molecule has 1 aromatic heterocycles.